The fraction of sp³-hybridized carbons (Fsp3) is 0.111. The van der Waals surface area contributed by atoms with E-state index in [1.165, 1.54) is 24.3 Å². The minimum absolute atomic E-state index is 0.114. The molecular formula is C18H8F6. The fourth-order valence-corrected chi connectivity index (χ4v) is 1.75. The van der Waals surface area contributed by atoms with Crippen LogP contribution in [0.1, 0.15) is 22.3 Å². The summed E-state index contributed by atoms with van der Waals surface area (Å²) >= 11 is 0. The van der Waals surface area contributed by atoms with Crippen LogP contribution in [-0.2, 0) is 12.4 Å². The maximum Gasteiger partial charge on any atom is 0.416 e. The third-order valence-corrected chi connectivity index (χ3v) is 2.86. The first kappa shape index (κ1) is 17.5. The van der Waals surface area contributed by atoms with Gasteiger partial charge in [-0.3, -0.25) is 0 Å². The molecule has 0 aliphatic rings. The Bertz CT molecular complexity index is 778. The molecular weight excluding hydrogens is 330 g/mol. The second-order valence-corrected chi connectivity index (χ2v) is 4.66. The molecule has 0 saturated carbocycles. The van der Waals surface area contributed by atoms with E-state index in [4.69, 9.17) is 0 Å². The molecule has 0 atom stereocenters. The molecule has 0 nitrogen and oxygen atoms in total. The van der Waals surface area contributed by atoms with Gasteiger partial charge in [-0.25, -0.2) is 0 Å². The lowest BCUT2D eigenvalue weighted by Gasteiger charge is -2.05. The zero-order valence-electron chi connectivity index (χ0n) is 11.9. The zero-order valence-corrected chi connectivity index (χ0v) is 11.9. The molecule has 122 valence electrons. The van der Waals surface area contributed by atoms with E-state index in [2.05, 4.69) is 23.7 Å². The third kappa shape index (κ3) is 4.82. The van der Waals surface area contributed by atoms with Crippen molar-refractivity contribution < 1.29 is 26.3 Å². The first-order chi connectivity index (χ1) is 11.2. The Labute approximate surface area is 134 Å². The Morgan fingerprint density at radius 1 is 0.583 bits per heavy atom. The fourth-order valence-electron chi connectivity index (χ4n) is 1.75. The van der Waals surface area contributed by atoms with Gasteiger partial charge in [-0.2, -0.15) is 26.3 Å². The molecule has 6 heteroatoms. The van der Waals surface area contributed by atoms with E-state index in [9.17, 15) is 26.3 Å². The summed E-state index contributed by atoms with van der Waals surface area (Å²) in [6.45, 7) is 0. The third-order valence-electron chi connectivity index (χ3n) is 2.86. The van der Waals surface area contributed by atoms with Crippen LogP contribution < -0.4 is 0 Å². The molecule has 2 rings (SSSR count). The molecule has 0 fully saturated rings. The van der Waals surface area contributed by atoms with Gasteiger partial charge in [-0.05, 0) is 48.2 Å². The molecule has 0 N–H and O–H groups in total. The van der Waals surface area contributed by atoms with E-state index in [0.29, 0.717) is 0 Å². The number of hydrogen-bond acceptors (Lipinski definition) is 0. The van der Waals surface area contributed by atoms with Gasteiger partial charge in [-0.15, -0.1) is 0 Å². The van der Waals surface area contributed by atoms with E-state index < -0.39 is 23.5 Å². The van der Waals surface area contributed by atoms with E-state index in [1.54, 1.807) is 0 Å². The summed E-state index contributed by atoms with van der Waals surface area (Å²) in [5.41, 5.74) is -1.44. The molecule has 0 bridgehead atoms. The van der Waals surface area contributed by atoms with Gasteiger partial charge < -0.3 is 0 Å². The molecule has 2 aromatic carbocycles. The van der Waals surface area contributed by atoms with Gasteiger partial charge >= 0.3 is 12.4 Å². The SMILES string of the molecule is FC(F)(F)c1cccc(C#CC#Cc2cccc(C(F)(F)F)c2)c1. The van der Waals surface area contributed by atoms with Crippen molar-refractivity contribution in [1.29, 1.82) is 0 Å². The van der Waals surface area contributed by atoms with Crippen LogP contribution in [0.25, 0.3) is 0 Å². The van der Waals surface area contributed by atoms with Crippen LogP contribution in [0.3, 0.4) is 0 Å². The summed E-state index contributed by atoms with van der Waals surface area (Å²) in [4.78, 5) is 0. The van der Waals surface area contributed by atoms with Gasteiger partial charge in [0.2, 0.25) is 0 Å². The van der Waals surface area contributed by atoms with Gasteiger partial charge in [0, 0.05) is 11.1 Å². The van der Waals surface area contributed by atoms with Crippen LogP contribution in [-0.4, -0.2) is 0 Å². The summed E-state index contributed by atoms with van der Waals surface area (Å²) in [7, 11) is 0. The summed E-state index contributed by atoms with van der Waals surface area (Å²) in [5, 5.41) is 0. The van der Waals surface area contributed by atoms with Crippen molar-refractivity contribution in [3.05, 3.63) is 70.8 Å². The summed E-state index contributed by atoms with van der Waals surface area (Å²) < 4.78 is 75.3. The Kier molecular flexibility index (Phi) is 4.90. The largest absolute Gasteiger partial charge is 0.416 e. The normalized spacial score (nSPS) is 11.1. The van der Waals surface area contributed by atoms with Crippen LogP contribution in [0, 0.1) is 23.7 Å². The molecule has 0 radical (unpaired) electrons. The molecule has 2 aromatic rings. The molecule has 0 amide bonds. The van der Waals surface area contributed by atoms with Crippen LogP contribution in [0.2, 0.25) is 0 Å². The smallest absolute Gasteiger partial charge is 0.166 e. The molecule has 0 heterocycles. The molecule has 0 spiro atoms. The lowest BCUT2D eigenvalue weighted by molar-refractivity contribution is -0.138. The zero-order chi connectivity index (χ0) is 17.8. The predicted molar refractivity (Wildman–Crippen MR) is 76.6 cm³/mol. The molecule has 0 unspecified atom stereocenters. The van der Waals surface area contributed by atoms with Crippen molar-refractivity contribution in [2.75, 3.05) is 0 Å². The molecule has 0 aromatic heterocycles. The standard InChI is InChI=1S/C18H8F6/c19-17(20,21)15-9-3-7-13(11-15)5-1-2-6-14-8-4-10-16(12-14)18(22,23)24/h3-4,7-12H. The predicted octanol–water partition coefficient (Wildman–Crippen LogP) is 5.13. The van der Waals surface area contributed by atoms with Gasteiger partial charge in [0.25, 0.3) is 0 Å². The van der Waals surface area contributed by atoms with Crippen molar-refractivity contribution >= 4 is 0 Å². The first-order valence-corrected chi connectivity index (χ1v) is 6.53. The maximum atomic E-state index is 12.5. The number of halogens is 6. The Morgan fingerprint density at radius 2 is 0.958 bits per heavy atom. The average molecular weight is 338 g/mol. The second kappa shape index (κ2) is 6.72. The van der Waals surface area contributed by atoms with Crippen LogP contribution in [0.5, 0.6) is 0 Å². The van der Waals surface area contributed by atoms with Crippen molar-refractivity contribution in [1.82, 2.24) is 0 Å². The van der Waals surface area contributed by atoms with Gasteiger partial charge in [0.05, 0.1) is 11.1 Å². The van der Waals surface area contributed by atoms with E-state index in [1.807, 2.05) is 0 Å². The van der Waals surface area contributed by atoms with E-state index >= 15 is 0 Å². The van der Waals surface area contributed by atoms with Crippen molar-refractivity contribution in [3.63, 3.8) is 0 Å². The highest BCUT2D eigenvalue weighted by Gasteiger charge is 2.30. The average Bonchev–Trinajstić information content (AvgIpc) is 2.51. The first-order valence-electron chi connectivity index (χ1n) is 6.53. The molecule has 0 aliphatic carbocycles. The van der Waals surface area contributed by atoms with E-state index in [0.717, 1.165) is 24.3 Å². The van der Waals surface area contributed by atoms with Crippen molar-refractivity contribution in [2.24, 2.45) is 0 Å². The van der Waals surface area contributed by atoms with Crippen LogP contribution in [0.15, 0.2) is 48.5 Å². The number of hydrogen-bond donors (Lipinski definition) is 0. The highest BCUT2D eigenvalue weighted by molar-refractivity contribution is 5.46. The Morgan fingerprint density at radius 3 is 1.29 bits per heavy atom. The lowest BCUT2D eigenvalue weighted by atomic mass is 10.1. The summed E-state index contributed by atoms with van der Waals surface area (Å²) in [6.07, 6.45) is -8.94. The van der Waals surface area contributed by atoms with Crippen LogP contribution in [0.4, 0.5) is 26.3 Å². The van der Waals surface area contributed by atoms with Gasteiger partial charge in [0.1, 0.15) is 0 Å². The van der Waals surface area contributed by atoms with E-state index in [-0.39, 0.29) is 11.1 Å². The van der Waals surface area contributed by atoms with Crippen molar-refractivity contribution in [3.8, 4) is 23.7 Å². The highest BCUT2D eigenvalue weighted by atomic mass is 19.4. The highest BCUT2D eigenvalue weighted by Crippen LogP contribution is 2.30. The number of benzene rings is 2. The molecule has 0 aliphatic heterocycles. The summed E-state index contributed by atoms with van der Waals surface area (Å²) in [6, 6.07) is 8.78. The Balaban J connectivity index is 2.20. The minimum Gasteiger partial charge on any atom is -0.166 e. The number of alkyl halides is 6. The Hall–Kier alpha value is -2.86. The van der Waals surface area contributed by atoms with Gasteiger partial charge in [0.15, 0.2) is 0 Å². The van der Waals surface area contributed by atoms with Gasteiger partial charge in [-0.1, -0.05) is 24.0 Å². The monoisotopic (exact) mass is 338 g/mol. The summed E-state index contributed by atoms with van der Waals surface area (Å²) in [5.74, 6) is 9.51. The minimum atomic E-state index is -4.47. The van der Waals surface area contributed by atoms with Crippen molar-refractivity contribution in [2.45, 2.75) is 12.4 Å². The lowest BCUT2D eigenvalue weighted by Crippen LogP contribution is -2.04. The topological polar surface area (TPSA) is 0 Å². The maximum absolute atomic E-state index is 12.5. The van der Waals surface area contributed by atoms with Crippen LogP contribution >= 0.6 is 0 Å². The quantitative estimate of drug-likeness (QED) is 0.462. The number of rotatable bonds is 0. The second-order valence-electron chi connectivity index (χ2n) is 4.66. The molecule has 0 saturated heterocycles. The molecule has 24 heavy (non-hydrogen) atoms.